The van der Waals surface area contributed by atoms with Crippen molar-refractivity contribution in [2.75, 3.05) is 30.9 Å². The van der Waals surface area contributed by atoms with Crippen LogP contribution in [0.3, 0.4) is 0 Å². The van der Waals surface area contributed by atoms with E-state index < -0.39 is 0 Å². The molecule has 0 saturated carbocycles. The molecule has 0 atom stereocenters. The predicted molar refractivity (Wildman–Crippen MR) is 66.5 cm³/mol. The molecule has 3 amide bonds. The number of halogens is 1. The van der Waals surface area contributed by atoms with Gasteiger partial charge in [0, 0.05) is 19.1 Å². The first-order valence-electron chi connectivity index (χ1n) is 5.07. The Morgan fingerprint density at radius 1 is 1.47 bits per heavy atom. The Morgan fingerprint density at radius 2 is 2.18 bits per heavy atom. The topological polar surface area (TPSA) is 52.7 Å². The lowest BCUT2D eigenvalue weighted by molar-refractivity contribution is -0.115. The van der Waals surface area contributed by atoms with E-state index in [2.05, 4.69) is 5.32 Å². The van der Waals surface area contributed by atoms with Gasteiger partial charge in [0.05, 0.1) is 11.4 Å². The number of hydrogen-bond acceptors (Lipinski definition) is 2. The van der Waals surface area contributed by atoms with E-state index in [0.717, 1.165) is 0 Å². The van der Waals surface area contributed by atoms with Gasteiger partial charge in [-0.1, -0.05) is 11.6 Å². The van der Waals surface area contributed by atoms with Crippen molar-refractivity contribution < 1.29 is 9.59 Å². The van der Waals surface area contributed by atoms with Crippen molar-refractivity contribution in [3.05, 3.63) is 23.2 Å². The molecule has 17 heavy (non-hydrogen) atoms. The maximum absolute atomic E-state index is 11.9. The molecule has 0 aromatic heterocycles. The molecule has 1 aliphatic rings. The van der Waals surface area contributed by atoms with E-state index >= 15 is 0 Å². The van der Waals surface area contributed by atoms with Gasteiger partial charge in [-0.2, -0.15) is 0 Å². The van der Waals surface area contributed by atoms with Gasteiger partial charge < -0.3 is 10.2 Å². The number of nitrogens with zero attached hydrogens (tertiary/aromatic N) is 2. The Kier molecular flexibility index (Phi) is 2.93. The maximum Gasteiger partial charge on any atom is 0.324 e. The lowest BCUT2D eigenvalue weighted by Gasteiger charge is -2.31. The zero-order valence-electron chi connectivity index (χ0n) is 9.53. The summed E-state index contributed by atoms with van der Waals surface area (Å²) >= 11 is 5.90. The quantitative estimate of drug-likeness (QED) is 0.766. The molecular formula is C11H12ClN3O2. The lowest BCUT2D eigenvalue weighted by atomic mass is 10.2. The lowest BCUT2D eigenvalue weighted by Crippen LogP contribution is -2.46. The highest BCUT2D eigenvalue weighted by Gasteiger charge is 2.27. The van der Waals surface area contributed by atoms with Crippen LogP contribution in [-0.2, 0) is 4.79 Å². The molecule has 5 nitrogen and oxygen atoms in total. The van der Waals surface area contributed by atoms with Crippen LogP contribution in [0.5, 0.6) is 0 Å². The standard InChI is InChI=1S/C11H12ClN3O2/c1-14(2)11(17)15-6-10(16)13-8-4-3-7(12)5-9(8)15/h3-5H,6H2,1-2H3,(H,13,16). The summed E-state index contributed by atoms with van der Waals surface area (Å²) in [6, 6.07) is 4.77. The first kappa shape index (κ1) is 11.7. The number of benzene rings is 1. The summed E-state index contributed by atoms with van der Waals surface area (Å²) in [7, 11) is 3.28. The summed E-state index contributed by atoms with van der Waals surface area (Å²) in [5.41, 5.74) is 1.22. The molecule has 90 valence electrons. The maximum atomic E-state index is 11.9. The Hall–Kier alpha value is -1.75. The summed E-state index contributed by atoms with van der Waals surface area (Å²) in [6.07, 6.45) is 0. The highest BCUT2D eigenvalue weighted by Crippen LogP contribution is 2.32. The zero-order valence-corrected chi connectivity index (χ0v) is 10.3. The van der Waals surface area contributed by atoms with Gasteiger partial charge in [0.15, 0.2) is 0 Å². The third-order valence-electron chi connectivity index (χ3n) is 2.44. The minimum atomic E-state index is -0.247. The molecule has 0 radical (unpaired) electrons. The summed E-state index contributed by atoms with van der Waals surface area (Å²) in [4.78, 5) is 26.3. The highest BCUT2D eigenvalue weighted by atomic mass is 35.5. The molecule has 1 aliphatic heterocycles. The van der Waals surface area contributed by atoms with Gasteiger partial charge in [-0.15, -0.1) is 0 Å². The van der Waals surface area contributed by atoms with Gasteiger partial charge in [-0.05, 0) is 18.2 Å². The number of hydrogen-bond donors (Lipinski definition) is 1. The van der Waals surface area contributed by atoms with E-state index in [1.54, 1.807) is 32.3 Å². The van der Waals surface area contributed by atoms with E-state index in [1.807, 2.05) is 0 Å². The van der Waals surface area contributed by atoms with Crippen LogP contribution in [0.1, 0.15) is 0 Å². The molecule has 1 aromatic rings. The van der Waals surface area contributed by atoms with E-state index in [0.29, 0.717) is 16.4 Å². The van der Waals surface area contributed by atoms with Crippen LogP contribution in [0.2, 0.25) is 5.02 Å². The Balaban J connectivity index is 2.46. The molecular weight excluding hydrogens is 242 g/mol. The molecule has 2 rings (SSSR count). The molecule has 1 N–H and O–H groups in total. The Labute approximate surface area is 104 Å². The van der Waals surface area contributed by atoms with Crippen molar-refractivity contribution in [1.82, 2.24) is 4.90 Å². The van der Waals surface area contributed by atoms with Crippen molar-refractivity contribution in [1.29, 1.82) is 0 Å². The van der Waals surface area contributed by atoms with E-state index in [1.165, 1.54) is 9.80 Å². The number of anilines is 2. The van der Waals surface area contributed by atoms with Crippen LogP contribution < -0.4 is 10.2 Å². The van der Waals surface area contributed by atoms with Crippen molar-refractivity contribution in [3.8, 4) is 0 Å². The number of rotatable bonds is 0. The first-order valence-corrected chi connectivity index (χ1v) is 5.45. The second-order valence-electron chi connectivity index (χ2n) is 3.97. The van der Waals surface area contributed by atoms with Gasteiger partial charge in [-0.3, -0.25) is 9.69 Å². The molecule has 1 heterocycles. The largest absolute Gasteiger partial charge is 0.330 e. The third kappa shape index (κ3) is 2.19. The summed E-state index contributed by atoms with van der Waals surface area (Å²) in [5.74, 6) is -0.213. The van der Waals surface area contributed by atoms with Crippen LogP contribution in [0.25, 0.3) is 0 Å². The normalized spacial score (nSPS) is 14.1. The minimum Gasteiger partial charge on any atom is -0.330 e. The SMILES string of the molecule is CN(C)C(=O)N1CC(=O)Nc2ccc(Cl)cc21. The Bertz CT molecular complexity index is 488. The summed E-state index contributed by atoms with van der Waals surface area (Å²) < 4.78 is 0. The van der Waals surface area contributed by atoms with Crippen LogP contribution in [0, 0.1) is 0 Å². The van der Waals surface area contributed by atoms with Crippen LogP contribution >= 0.6 is 11.6 Å². The van der Waals surface area contributed by atoms with Crippen molar-refractivity contribution >= 4 is 34.9 Å². The monoisotopic (exact) mass is 253 g/mol. The minimum absolute atomic E-state index is 0.00432. The molecule has 1 aromatic carbocycles. The fourth-order valence-corrected chi connectivity index (χ4v) is 1.83. The molecule has 0 bridgehead atoms. The number of carbonyl (C=O) groups is 2. The van der Waals surface area contributed by atoms with Crippen LogP contribution in [0.15, 0.2) is 18.2 Å². The Morgan fingerprint density at radius 3 is 2.82 bits per heavy atom. The first-order chi connectivity index (χ1) is 7.99. The average Bonchev–Trinajstić information content (AvgIpc) is 2.27. The van der Waals surface area contributed by atoms with Gasteiger partial charge in [0.2, 0.25) is 5.91 Å². The van der Waals surface area contributed by atoms with E-state index in [4.69, 9.17) is 11.6 Å². The number of urea groups is 1. The van der Waals surface area contributed by atoms with Gasteiger partial charge in [0.25, 0.3) is 0 Å². The second kappa shape index (κ2) is 4.25. The number of carbonyl (C=O) groups excluding carboxylic acids is 2. The second-order valence-corrected chi connectivity index (χ2v) is 4.41. The highest BCUT2D eigenvalue weighted by molar-refractivity contribution is 6.31. The van der Waals surface area contributed by atoms with E-state index in [9.17, 15) is 9.59 Å². The number of amides is 3. The summed E-state index contributed by atoms with van der Waals surface area (Å²) in [6.45, 7) is 0.00432. The van der Waals surface area contributed by atoms with Crippen LogP contribution in [-0.4, -0.2) is 37.5 Å². The fraction of sp³-hybridized carbons (Fsp3) is 0.273. The number of fused-ring (bicyclic) bond motifs is 1. The molecule has 0 unspecified atom stereocenters. The average molecular weight is 254 g/mol. The van der Waals surface area contributed by atoms with Crippen molar-refractivity contribution in [2.24, 2.45) is 0 Å². The smallest absolute Gasteiger partial charge is 0.324 e. The van der Waals surface area contributed by atoms with Crippen LogP contribution in [0.4, 0.5) is 16.2 Å². The molecule has 0 spiro atoms. The van der Waals surface area contributed by atoms with E-state index in [-0.39, 0.29) is 18.5 Å². The molecule has 6 heteroatoms. The summed E-state index contributed by atoms with van der Waals surface area (Å²) in [5, 5.41) is 3.23. The zero-order chi connectivity index (χ0) is 12.6. The van der Waals surface area contributed by atoms with Gasteiger partial charge in [0.1, 0.15) is 6.54 Å². The molecule has 0 fully saturated rings. The van der Waals surface area contributed by atoms with Crippen molar-refractivity contribution in [2.45, 2.75) is 0 Å². The molecule has 0 aliphatic carbocycles. The van der Waals surface area contributed by atoms with Crippen molar-refractivity contribution in [3.63, 3.8) is 0 Å². The number of nitrogens with one attached hydrogen (secondary N) is 1. The van der Waals surface area contributed by atoms with Gasteiger partial charge in [-0.25, -0.2) is 4.79 Å². The predicted octanol–water partition coefficient (Wildman–Crippen LogP) is 1.78. The fourth-order valence-electron chi connectivity index (χ4n) is 1.66. The third-order valence-corrected chi connectivity index (χ3v) is 2.67. The molecule has 0 saturated heterocycles. The van der Waals surface area contributed by atoms with Gasteiger partial charge >= 0.3 is 6.03 Å².